The van der Waals surface area contributed by atoms with Crippen LogP contribution >= 0.6 is 22.9 Å². The van der Waals surface area contributed by atoms with Gasteiger partial charge in [0.1, 0.15) is 17.0 Å². The molecule has 0 spiro atoms. The van der Waals surface area contributed by atoms with E-state index in [9.17, 15) is 17.6 Å². The molecule has 9 nitrogen and oxygen atoms in total. The van der Waals surface area contributed by atoms with Crippen molar-refractivity contribution in [3.63, 3.8) is 0 Å². The minimum Gasteiger partial charge on any atom is -0.480 e. The van der Waals surface area contributed by atoms with Crippen molar-refractivity contribution in [3.8, 4) is 16.3 Å². The van der Waals surface area contributed by atoms with Crippen molar-refractivity contribution in [1.29, 1.82) is 0 Å². The molecule has 4 aromatic rings. The van der Waals surface area contributed by atoms with Crippen LogP contribution in [0.2, 0.25) is 5.02 Å². The minimum absolute atomic E-state index is 0.0198. The number of halogens is 3. The summed E-state index contributed by atoms with van der Waals surface area (Å²) in [4.78, 5) is 19.8. The van der Waals surface area contributed by atoms with E-state index in [1.54, 1.807) is 0 Å². The van der Waals surface area contributed by atoms with E-state index < -0.39 is 43.7 Å². The molecule has 0 saturated heterocycles. The molecule has 0 aliphatic carbocycles. The van der Waals surface area contributed by atoms with Crippen molar-refractivity contribution < 1.29 is 26.7 Å². The molecule has 4 rings (SSSR count). The topological polar surface area (TPSA) is 115 Å². The first kappa shape index (κ1) is 22.9. The quantitative estimate of drug-likeness (QED) is 0.407. The summed E-state index contributed by atoms with van der Waals surface area (Å²) in [5.74, 6) is -2.78. The van der Waals surface area contributed by atoms with Crippen molar-refractivity contribution >= 4 is 49.4 Å². The molecule has 0 unspecified atom stereocenters. The SMILES string of the molecule is CNC(=O)c1ncn2cc(-c3c(F)ccc(NS(=O)(=O)c4cc(Cl)cnc4OC)c3F)sc12. The average molecular weight is 514 g/mol. The number of anilines is 1. The van der Waals surface area contributed by atoms with Gasteiger partial charge in [0.05, 0.1) is 28.3 Å². The number of sulfonamides is 1. The molecule has 0 saturated carbocycles. The standard InChI is InChI=1S/C19H14ClF2N5O4S2/c1-23-17(28)16-19-27(8-25-16)7-12(32-19)14-10(21)3-4-11(15(14)22)26-33(29,30)13-5-9(20)6-24-18(13)31-2/h3-8,26H,1-2H3,(H,23,28). The van der Waals surface area contributed by atoms with Crippen LogP contribution < -0.4 is 14.8 Å². The van der Waals surface area contributed by atoms with E-state index in [4.69, 9.17) is 16.3 Å². The number of methoxy groups -OCH3 is 1. The van der Waals surface area contributed by atoms with Gasteiger partial charge in [-0.05, 0) is 18.2 Å². The highest BCUT2D eigenvalue weighted by atomic mass is 35.5. The first-order valence-corrected chi connectivity index (χ1v) is 11.7. The lowest BCUT2D eigenvalue weighted by atomic mass is 10.1. The van der Waals surface area contributed by atoms with Crippen LogP contribution in [0.25, 0.3) is 15.3 Å². The van der Waals surface area contributed by atoms with E-state index >= 15 is 4.39 Å². The molecule has 1 aromatic carbocycles. The Balaban J connectivity index is 1.79. The third kappa shape index (κ3) is 4.10. The summed E-state index contributed by atoms with van der Waals surface area (Å²) >= 11 is 6.77. The van der Waals surface area contributed by atoms with Gasteiger partial charge in [0, 0.05) is 19.4 Å². The molecular formula is C19H14ClF2N5O4S2. The highest BCUT2D eigenvalue weighted by molar-refractivity contribution is 7.92. The van der Waals surface area contributed by atoms with Gasteiger partial charge in [-0.3, -0.25) is 13.9 Å². The smallest absolute Gasteiger partial charge is 0.272 e. The lowest BCUT2D eigenvalue weighted by Crippen LogP contribution is -2.18. The number of pyridine rings is 1. The summed E-state index contributed by atoms with van der Waals surface area (Å²) in [5.41, 5.74) is -0.883. The number of benzene rings is 1. The number of fused-ring (bicyclic) bond motifs is 1. The number of carbonyl (C=O) groups excluding carboxylic acids is 1. The Labute approximate surface area is 195 Å². The van der Waals surface area contributed by atoms with Crippen molar-refractivity contribution in [1.82, 2.24) is 19.7 Å². The summed E-state index contributed by atoms with van der Waals surface area (Å²) in [6, 6.07) is 2.97. The van der Waals surface area contributed by atoms with E-state index in [2.05, 4.69) is 20.0 Å². The second kappa shape index (κ2) is 8.57. The predicted octanol–water partition coefficient (Wildman–Crippen LogP) is 3.56. The van der Waals surface area contributed by atoms with E-state index in [0.29, 0.717) is 4.83 Å². The van der Waals surface area contributed by atoms with Gasteiger partial charge in [0.15, 0.2) is 16.4 Å². The van der Waals surface area contributed by atoms with Crippen molar-refractivity contribution in [3.05, 3.63) is 59.3 Å². The number of amides is 1. The highest BCUT2D eigenvalue weighted by Crippen LogP contribution is 2.37. The summed E-state index contributed by atoms with van der Waals surface area (Å²) in [7, 11) is -1.75. The van der Waals surface area contributed by atoms with Gasteiger partial charge in [-0.25, -0.2) is 27.2 Å². The Morgan fingerprint density at radius 2 is 2.03 bits per heavy atom. The third-order valence-electron chi connectivity index (χ3n) is 4.50. The van der Waals surface area contributed by atoms with Crippen LogP contribution in [0.3, 0.4) is 0 Å². The normalized spacial score (nSPS) is 11.5. The first-order chi connectivity index (χ1) is 15.7. The maximum absolute atomic E-state index is 15.3. The maximum Gasteiger partial charge on any atom is 0.272 e. The van der Waals surface area contributed by atoms with Crippen LogP contribution in [0, 0.1) is 11.6 Å². The summed E-state index contributed by atoms with van der Waals surface area (Å²) in [6.45, 7) is 0. The van der Waals surface area contributed by atoms with Gasteiger partial charge in [-0.1, -0.05) is 11.6 Å². The number of thiazole rings is 1. The fourth-order valence-corrected chi connectivity index (χ4v) is 5.54. The van der Waals surface area contributed by atoms with E-state index in [1.165, 1.54) is 37.3 Å². The fraction of sp³-hybridized carbons (Fsp3) is 0.105. The van der Waals surface area contributed by atoms with Crippen molar-refractivity contribution in [2.24, 2.45) is 0 Å². The number of rotatable bonds is 6. The maximum atomic E-state index is 15.3. The molecule has 3 aromatic heterocycles. The highest BCUT2D eigenvalue weighted by Gasteiger charge is 2.26. The number of nitrogens with zero attached hydrogens (tertiary/aromatic N) is 3. The Bertz CT molecular complexity index is 1500. The molecule has 1 amide bonds. The molecule has 0 aliphatic heterocycles. The second-order valence-corrected chi connectivity index (χ2v) is 9.65. The largest absolute Gasteiger partial charge is 0.480 e. The van der Waals surface area contributed by atoms with Gasteiger partial charge in [0.2, 0.25) is 5.88 Å². The molecule has 0 atom stereocenters. The molecule has 0 fully saturated rings. The molecule has 0 radical (unpaired) electrons. The van der Waals surface area contributed by atoms with E-state index in [0.717, 1.165) is 29.5 Å². The number of hydrogen-bond donors (Lipinski definition) is 2. The van der Waals surface area contributed by atoms with Gasteiger partial charge in [-0.15, -0.1) is 11.3 Å². The van der Waals surface area contributed by atoms with Crippen LogP contribution in [0.5, 0.6) is 5.88 Å². The van der Waals surface area contributed by atoms with E-state index in [1.807, 2.05) is 0 Å². The molecule has 14 heteroatoms. The van der Waals surface area contributed by atoms with E-state index in [-0.39, 0.29) is 21.5 Å². The molecule has 0 bridgehead atoms. The van der Waals surface area contributed by atoms with Crippen molar-refractivity contribution in [2.45, 2.75) is 4.90 Å². The predicted molar refractivity (Wildman–Crippen MR) is 118 cm³/mol. The zero-order valence-electron chi connectivity index (χ0n) is 16.9. The lowest BCUT2D eigenvalue weighted by Gasteiger charge is -2.13. The second-order valence-electron chi connectivity index (χ2n) is 6.53. The molecule has 33 heavy (non-hydrogen) atoms. The Kier molecular flexibility index (Phi) is 5.95. The molecule has 3 heterocycles. The summed E-state index contributed by atoms with van der Waals surface area (Å²) in [6.07, 6.45) is 3.92. The first-order valence-electron chi connectivity index (χ1n) is 9.05. The fourth-order valence-electron chi connectivity index (χ4n) is 3.00. The Morgan fingerprint density at radius 3 is 2.73 bits per heavy atom. The number of hydrogen-bond acceptors (Lipinski definition) is 7. The Morgan fingerprint density at radius 1 is 1.27 bits per heavy atom. The third-order valence-corrected chi connectivity index (χ3v) is 7.20. The summed E-state index contributed by atoms with van der Waals surface area (Å²) in [5, 5.41) is 2.46. The Hall–Kier alpha value is -3.29. The minimum atomic E-state index is -4.40. The molecular weight excluding hydrogens is 500 g/mol. The van der Waals surface area contributed by atoms with Crippen LogP contribution in [0.1, 0.15) is 10.5 Å². The average Bonchev–Trinajstić information content (AvgIpc) is 3.36. The van der Waals surface area contributed by atoms with Gasteiger partial charge in [0.25, 0.3) is 15.9 Å². The number of carbonyl (C=O) groups is 1. The lowest BCUT2D eigenvalue weighted by molar-refractivity contribution is 0.0960. The van der Waals surface area contributed by atoms with Gasteiger partial charge in [-0.2, -0.15) is 0 Å². The number of ether oxygens (including phenoxy) is 1. The molecule has 2 N–H and O–H groups in total. The van der Waals surface area contributed by atoms with Crippen molar-refractivity contribution in [2.75, 3.05) is 18.9 Å². The summed E-state index contributed by atoms with van der Waals surface area (Å²) < 4.78 is 64.2. The molecule has 0 aliphatic rings. The van der Waals surface area contributed by atoms with Crippen LogP contribution in [0.4, 0.5) is 14.5 Å². The zero-order chi connectivity index (χ0) is 23.9. The number of nitrogens with one attached hydrogen (secondary N) is 2. The zero-order valence-corrected chi connectivity index (χ0v) is 19.3. The van der Waals surface area contributed by atoms with Crippen LogP contribution in [-0.2, 0) is 10.0 Å². The number of aromatic nitrogens is 3. The van der Waals surface area contributed by atoms with Crippen LogP contribution in [-0.4, -0.2) is 42.9 Å². The molecule has 172 valence electrons. The number of imidazole rings is 1. The van der Waals surface area contributed by atoms with Crippen LogP contribution in [0.15, 0.2) is 41.8 Å². The van der Waals surface area contributed by atoms with Gasteiger partial charge < -0.3 is 10.1 Å². The van der Waals surface area contributed by atoms with Gasteiger partial charge >= 0.3 is 0 Å². The monoisotopic (exact) mass is 513 g/mol.